The Labute approximate surface area is 202 Å². The van der Waals surface area contributed by atoms with Crippen molar-refractivity contribution >= 4 is 23.2 Å². The van der Waals surface area contributed by atoms with Crippen LogP contribution < -0.4 is 10.6 Å². The largest absolute Gasteiger partial charge is 0.390 e. The molecule has 1 unspecified atom stereocenters. The van der Waals surface area contributed by atoms with Crippen LogP contribution in [-0.2, 0) is 4.74 Å². The van der Waals surface area contributed by atoms with Crippen LogP contribution in [0.25, 0.3) is 0 Å². The number of benzene rings is 1. The van der Waals surface area contributed by atoms with E-state index in [1.807, 2.05) is 13.8 Å². The molecule has 0 bridgehead atoms. The van der Waals surface area contributed by atoms with E-state index in [9.17, 15) is 18.3 Å². The van der Waals surface area contributed by atoms with Crippen LogP contribution in [-0.4, -0.2) is 45.8 Å². The van der Waals surface area contributed by atoms with Gasteiger partial charge in [0.2, 0.25) is 5.95 Å². The van der Waals surface area contributed by atoms with Gasteiger partial charge in [0, 0.05) is 31.4 Å². The van der Waals surface area contributed by atoms with Crippen LogP contribution in [0, 0.1) is 29.3 Å². The zero-order valence-corrected chi connectivity index (χ0v) is 19.8. The number of halogens is 3. The van der Waals surface area contributed by atoms with Gasteiger partial charge in [-0.15, -0.1) is 0 Å². The Morgan fingerprint density at radius 2 is 1.77 bits per heavy atom. The highest BCUT2D eigenvalue weighted by Gasteiger charge is 2.39. The van der Waals surface area contributed by atoms with E-state index in [4.69, 9.17) is 9.72 Å². The van der Waals surface area contributed by atoms with Gasteiger partial charge >= 0.3 is 0 Å². The van der Waals surface area contributed by atoms with Crippen molar-refractivity contribution in [3.05, 3.63) is 41.5 Å². The van der Waals surface area contributed by atoms with Gasteiger partial charge in [0.25, 0.3) is 0 Å². The van der Waals surface area contributed by atoms with Gasteiger partial charge in [0.05, 0.1) is 23.4 Å². The van der Waals surface area contributed by atoms with Crippen molar-refractivity contribution in [1.29, 1.82) is 0 Å². The second-order valence-electron chi connectivity index (χ2n) is 10.3. The molecule has 1 aliphatic carbocycles. The van der Waals surface area contributed by atoms with Crippen LogP contribution in [0.3, 0.4) is 0 Å². The number of amidine groups is 1. The van der Waals surface area contributed by atoms with Crippen LogP contribution >= 0.6 is 0 Å². The molecule has 0 radical (unpaired) electrons. The Morgan fingerprint density at radius 3 is 2.43 bits per heavy atom. The van der Waals surface area contributed by atoms with Crippen molar-refractivity contribution in [2.45, 2.75) is 63.5 Å². The molecule has 2 fully saturated rings. The lowest BCUT2D eigenvalue weighted by Crippen LogP contribution is -2.31. The highest BCUT2D eigenvalue weighted by atomic mass is 19.1. The summed E-state index contributed by atoms with van der Waals surface area (Å²) in [6.45, 7) is 4.84. The summed E-state index contributed by atoms with van der Waals surface area (Å²) < 4.78 is 47.7. The van der Waals surface area contributed by atoms with Gasteiger partial charge in [-0.05, 0) is 57.8 Å². The van der Waals surface area contributed by atoms with Crippen molar-refractivity contribution in [2.24, 2.45) is 16.8 Å². The maximum absolute atomic E-state index is 14.4. The molecule has 0 amide bonds. The van der Waals surface area contributed by atoms with Gasteiger partial charge in [-0.1, -0.05) is 0 Å². The minimum absolute atomic E-state index is 0.108. The standard InChI is InChI=1S/C25H30F3N5O2/c1-25(2,34)14-3-4-16(9-14)30-24-29-12-19-22(33-24)20(13-5-7-35-8-6-13)23(31-19)32-21-17(27)10-15(26)11-18(21)28/h10-14,16,20,34H,3-9H2,1-2H3,(H,31,32)(H,29,30,33)/t14-,16+,20?/m0/s1. The quantitative estimate of drug-likeness (QED) is 0.553. The summed E-state index contributed by atoms with van der Waals surface area (Å²) in [7, 11) is 0. The van der Waals surface area contributed by atoms with E-state index in [0.717, 1.165) is 32.1 Å². The van der Waals surface area contributed by atoms with Gasteiger partial charge < -0.3 is 20.5 Å². The minimum atomic E-state index is -1.03. The number of aromatic nitrogens is 2. The number of aliphatic imine (C=N–C) groups is 1. The van der Waals surface area contributed by atoms with Gasteiger partial charge in [-0.3, -0.25) is 0 Å². The van der Waals surface area contributed by atoms with E-state index in [0.29, 0.717) is 48.5 Å². The van der Waals surface area contributed by atoms with E-state index in [1.54, 1.807) is 6.20 Å². The third kappa shape index (κ3) is 4.99. The lowest BCUT2D eigenvalue weighted by molar-refractivity contribution is 0.0197. The number of anilines is 2. The normalized spacial score (nSPS) is 24.9. The van der Waals surface area contributed by atoms with Crippen LogP contribution in [0.1, 0.15) is 57.6 Å². The second kappa shape index (κ2) is 9.39. The molecule has 7 nitrogen and oxygen atoms in total. The summed E-state index contributed by atoms with van der Waals surface area (Å²) in [5.41, 5.74) is 0.0583. The summed E-state index contributed by atoms with van der Waals surface area (Å²) in [5.74, 6) is -2.22. The molecule has 1 saturated carbocycles. The predicted molar refractivity (Wildman–Crippen MR) is 126 cm³/mol. The first-order valence-corrected chi connectivity index (χ1v) is 12.1. The Balaban J connectivity index is 1.40. The van der Waals surface area contributed by atoms with E-state index in [-0.39, 0.29) is 23.8 Å². The van der Waals surface area contributed by atoms with E-state index in [2.05, 4.69) is 20.6 Å². The van der Waals surface area contributed by atoms with Crippen molar-refractivity contribution in [2.75, 3.05) is 23.8 Å². The number of fused-ring (bicyclic) bond motifs is 1. The fraction of sp³-hybridized carbons (Fsp3) is 0.560. The zero-order chi connectivity index (χ0) is 24.7. The Morgan fingerprint density at radius 1 is 1.06 bits per heavy atom. The Hall–Kier alpha value is -2.72. The fourth-order valence-corrected chi connectivity index (χ4v) is 5.43. The number of hydrogen-bond donors (Lipinski definition) is 3. The molecule has 35 heavy (non-hydrogen) atoms. The average Bonchev–Trinajstić information content (AvgIpc) is 3.41. The molecular formula is C25H30F3N5O2. The molecule has 10 heteroatoms. The van der Waals surface area contributed by atoms with Gasteiger partial charge in [0.1, 0.15) is 23.0 Å². The number of aliphatic hydroxyl groups is 1. The first-order valence-electron chi connectivity index (χ1n) is 12.1. The number of nitrogens with one attached hydrogen (secondary N) is 2. The predicted octanol–water partition coefficient (Wildman–Crippen LogP) is 4.91. The molecule has 0 spiro atoms. The molecule has 1 aromatic carbocycles. The number of ether oxygens (including phenoxy) is 1. The van der Waals surface area contributed by atoms with Crippen LogP contribution in [0.5, 0.6) is 0 Å². The molecule has 1 aromatic heterocycles. The molecule has 3 aliphatic rings. The van der Waals surface area contributed by atoms with Crippen molar-refractivity contribution in [3.63, 3.8) is 0 Å². The molecule has 5 rings (SSSR count). The maximum Gasteiger partial charge on any atom is 0.223 e. The van der Waals surface area contributed by atoms with Gasteiger partial charge in [-0.25, -0.2) is 28.1 Å². The summed E-state index contributed by atoms with van der Waals surface area (Å²) in [6, 6.07) is 1.43. The summed E-state index contributed by atoms with van der Waals surface area (Å²) in [5, 5.41) is 16.5. The first-order chi connectivity index (χ1) is 16.7. The lowest BCUT2D eigenvalue weighted by Gasteiger charge is -2.29. The third-order valence-electron chi connectivity index (χ3n) is 7.39. The highest BCUT2D eigenvalue weighted by molar-refractivity contribution is 6.05. The fourth-order valence-electron chi connectivity index (χ4n) is 5.43. The van der Waals surface area contributed by atoms with Crippen molar-refractivity contribution in [3.8, 4) is 0 Å². The van der Waals surface area contributed by atoms with Gasteiger partial charge in [-0.2, -0.15) is 0 Å². The Bertz CT molecular complexity index is 1110. The molecule has 3 atom stereocenters. The van der Waals surface area contributed by atoms with Crippen molar-refractivity contribution < 1.29 is 23.0 Å². The van der Waals surface area contributed by atoms with Crippen LogP contribution in [0.4, 0.5) is 30.5 Å². The molecule has 3 heterocycles. The first kappa shape index (κ1) is 24.0. The topological polar surface area (TPSA) is 91.7 Å². The third-order valence-corrected chi connectivity index (χ3v) is 7.39. The molecule has 3 N–H and O–H groups in total. The molecular weight excluding hydrogens is 459 g/mol. The monoisotopic (exact) mass is 489 g/mol. The SMILES string of the molecule is CC(C)(O)[C@H]1CC[C@@H](Nc2ncc3c(n2)C(C2CCOCC2)C(Nc2c(F)cc(F)cc2F)=N3)C1. The maximum atomic E-state index is 14.4. The van der Waals surface area contributed by atoms with Crippen molar-refractivity contribution in [1.82, 2.24) is 9.97 Å². The highest BCUT2D eigenvalue weighted by Crippen LogP contribution is 2.43. The molecule has 2 aromatic rings. The molecule has 2 aliphatic heterocycles. The van der Waals surface area contributed by atoms with E-state index >= 15 is 0 Å². The Kier molecular flexibility index (Phi) is 6.43. The summed E-state index contributed by atoms with van der Waals surface area (Å²) in [4.78, 5) is 13.8. The summed E-state index contributed by atoms with van der Waals surface area (Å²) >= 11 is 0. The zero-order valence-electron chi connectivity index (χ0n) is 19.8. The van der Waals surface area contributed by atoms with Gasteiger partial charge in [0.15, 0.2) is 11.6 Å². The average molecular weight is 490 g/mol. The van der Waals surface area contributed by atoms with Crippen LogP contribution in [0.2, 0.25) is 0 Å². The number of rotatable bonds is 5. The van der Waals surface area contributed by atoms with Crippen LogP contribution in [0.15, 0.2) is 23.3 Å². The number of hydrogen-bond acceptors (Lipinski definition) is 7. The summed E-state index contributed by atoms with van der Waals surface area (Å²) in [6.07, 6.45) is 5.77. The molecule has 188 valence electrons. The number of nitrogens with zero attached hydrogens (tertiary/aromatic N) is 3. The van der Waals surface area contributed by atoms with E-state index in [1.165, 1.54) is 0 Å². The lowest BCUT2D eigenvalue weighted by atomic mass is 9.83. The molecule has 1 saturated heterocycles. The minimum Gasteiger partial charge on any atom is -0.390 e. The smallest absolute Gasteiger partial charge is 0.223 e. The second-order valence-corrected chi connectivity index (χ2v) is 10.3. The van der Waals surface area contributed by atoms with E-state index < -0.39 is 28.7 Å².